The zero-order valence-corrected chi connectivity index (χ0v) is 14.5. The molecule has 0 saturated heterocycles. The molecule has 0 fully saturated rings. The van der Waals surface area contributed by atoms with Gasteiger partial charge in [-0.2, -0.15) is 0 Å². The van der Waals surface area contributed by atoms with Gasteiger partial charge < -0.3 is 15.2 Å². The van der Waals surface area contributed by atoms with Crippen LogP contribution in [-0.4, -0.2) is 21.0 Å². The van der Waals surface area contributed by atoms with Crippen molar-refractivity contribution in [2.24, 2.45) is 0 Å². The zero-order valence-electron chi connectivity index (χ0n) is 14.5. The van der Waals surface area contributed by atoms with Crippen molar-refractivity contribution in [1.29, 1.82) is 0 Å². The van der Waals surface area contributed by atoms with Crippen LogP contribution >= 0.6 is 0 Å². The molecule has 2 heterocycles. The summed E-state index contributed by atoms with van der Waals surface area (Å²) in [5, 5.41) is 9.54. The minimum Gasteiger partial charge on any atom is -0.360 e. The SMILES string of the molecule is Cc1cc(C(=O)Nc2cc(C)on2)nc(Nc2ccc(C)c(C)c2)n1. The number of aromatic nitrogens is 3. The van der Waals surface area contributed by atoms with E-state index in [1.54, 1.807) is 19.1 Å². The highest BCUT2D eigenvalue weighted by atomic mass is 16.5. The van der Waals surface area contributed by atoms with Crippen LogP contribution in [0.15, 0.2) is 34.9 Å². The van der Waals surface area contributed by atoms with E-state index in [0.717, 1.165) is 11.3 Å². The number of aryl methyl sites for hydroxylation is 4. The lowest BCUT2D eigenvalue weighted by Gasteiger charge is -2.09. The topological polar surface area (TPSA) is 92.9 Å². The standard InChI is InChI=1S/C18H19N5O2/c1-10-5-6-14(7-11(10)2)20-18-19-12(3)8-15(21-18)17(24)22-16-9-13(4)25-23-16/h5-9H,1-4H3,(H,19,20,21)(H,22,23,24). The smallest absolute Gasteiger partial charge is 0.275 e. The third-order valence-electron chi connectivity index (χ3n) is 3.72. The quantitative estimate of drug-likeness (QED) is 0.754. The van der Waals surface area contributed by atoms with Gasteiger partial charge in [0, 0.05) is 17.4 Å². The molecule has 0 bridgehead atoms. The largest absolute Gasteiger partial charge is 0.360 e. The average molecular weight is 337 g/mol. The molecular formula is C18H19N5O2. The van der Waals surface area contributed by atoms with Gasteiger partial charge in [0.1, 0.15) is 11.5 Å². The van der Waals surface area contributed by atoms with Gasteiger partial charge in [-0.15, -0.1) is 0 Å². The molecule has 0 aliphatic heterocycles. The molecule has 0 saturated carbocycles. The average Bonchev–Trinajstić information content (AvgIpc) is 2.95. The summed E-state index contributed by atoms with van der Waals surface area (Å²) in [6.45, 7) is 7.65. The van der Waals surface area contributed by atoms with E-state index >= 15 is 0 Å². The van der Waals surface area contributed by atoms with Crippen molar-refractivity contribution >= 4 is 23.4 Å². The molecule has 0 radical (unpaired) electrons. The molecule has 25 heavy (non-hydrogen) atoms. The predicted molar refractivity (Wildman–Crippen MR) is 95.2 cm³/mol. The Labute approximate surface area is 145 Å². The Morgan fingerprint density at radius 1 is 1.00 bits per heavy atom. The fourth-order valence-electron chi connectivity index (χ4n) is 2.29. The minimum atomic E-state index is -0.373. The molecule has 2 aromatic heterocycles. The van der Waals surface area contributed by atoms with E-state index in [-0.39, 0.29) is 11.6 Å². The monoisotopic (exact) mass is 337 g/mol. The molecule has 128 valence electrons. The lowest BCUT2D eigenvalue weighted by atomic mass is 10.1. The maximum atomic E-state index is 12.4. The molecule has 7 nitrogen and oxygen atoms in total. The summed E-state index contributed by atoms with van der Waals surface area (Å²) in [7, 11) is 0. The Hall–Kier alpha value is -3.22. The van der Waals surface area contributed by atoms with Crippen molar-refractivity contribution in [1.82, 2.24) is 15.1 Å². The summed E-state index contributed by atoms with van der Waals surface area (Å²) in [4.78, 5) is 21.0. The molecule has 1 amide bonds. The molecular weight excluding hydrogens is 318 g/mol. The third-order valence-corrected chi connectivity index (χ3v) is 3.72. The van der Waals surface area contributed by atoms with Gasteiger partial charge in [-0.3, -0.25) is 4.79 Å². The molecule has 0 unspecified atom stereocenters. The maximum Gasteiger partial charge on any atom is 0.275 e. The predicted octanol–water partition coefficient (Wildman–Crippen LogP) is 3.69. The lowest BCUT2D eigenvalue weighted by Crippen LogP contribution is -2.15. The molecule has 1 aromatic carbocycles. The van der Waals surface area contributed by atoms with Gasteiger partial charge in [-0.05, 0) is 57.0 Å². The van der Waals surface area contributed by atoms with Crippen LogP contribution in [0.1, 0.15) is 33.1 Å². The number of nitrogens with one attached hydrogen (secondary N) is 2. The van der Waals surface area contributed by atoms with Gasteiger partial charge in [0.15, 0.2) is 5.82 Å². The zero-order chi connectivity index (χ0) is 18.0. The fraction of sp³-hybridized carbons (Fsp3) is 0.222. The molecule has 0 atom stereocenters. The van der Waals surface area contributed by atoms with Crippen molar-refractivity contribution in [2.75, 3.05) is 10.6 Å². The van der Waals surface area contributed by atoms with Crippen LogP contribution in [0.2, 0.25) is 0 Å². The normalized spacial score (nSPS) is 10.6. The van der Waals surface area contributed by atoms with E-state index in [4.69, 9.17) is 4.52 Å². The van der Waals surface area contributed by atoms with E-state index in [9.17, 15) is 4.79 Å². The summed E-state index contributed by atoms with van der Waals surface area (Å²) in [6.07, 6.45) is 0. The van der Waals surface area contributed by atoms with Crippen LogP contribution in [0.5, 0.6) is 0 Å². The molecule has 7 heteroatoms. The van der Waals surface area contributed by atoms with Crippen LogP contribution in [-0.2, 0) is 0 Å². The van der Waals surface area contributed by atoms with E-state index < -0.39 is 0 Å². The first kappa shape index (κ1) is 16.6. The van der Waals surface area contributed by atoms with Crippen LogP contribution in [0.3, 0.4) is 0 Å². The molecule has 0 aliphatic rings. The van der Waals surface area contributed by atoms with Crippen LogP contribution < -0.4 is 10.6 Å². The summed E-state index contributed by atoms with van der Waals surface area (Å²) < 4.78 is 4.94. The first-order valence-corrected chi connectivity index (χ1v) is 7.85. The summed E-state index contributed by atoms with van der Waals surface area (Å²) in [5.41, 5.74) is 4.17. The highest BCUT2D eigenvalue weighted by Gasteiger charge is 2.13. The van der Waals surface area contributed by atoms with Gasteiger partial charge >= 0.3 is 0 Å². The Bertz CT molecular complexity index is 933. The van der Waals surface area contributed by atoms with Crippen LogP contribution in [0, 0.1) is 27.7 Å². The van der Waals surface area contributed by atoms with E-state index in [1.165, 1.54) is 5.56 Å². The molecule has 2 N–H and O–H groups in total. The molecule has 3 aromatic rings. The summed E-state index contributed by atoms with van der Waals surface area (Å²) >= 11 is 0. The molecule has 0 aliphatic carbocycles. The van der Waals surface area contributed by atoms with Gasteiger partial charge in [-0.25, -0.2) is 9.97 Å². The van der Waals surface area contributed by atoms with E-state index in [2.05, 4.69) is 32.7 Å². The first-order chi connectivity index (χ1) is 11.9. The number of hydrogen-bond acceptors (Lipinski definition) is 6. The number of anilines is 3. The fourth-order valence-corrected chi connectivity index (χ4v) is 2.29. The summed E-state index contributed by atoms with van der Waals surface area (Å²) in [6, 6.07) is 9.24. The Morgan fingerprint density at radius 2 is 1.80 bits per heavy atom. The highest BCUT2D eigenvalue weighted by molar-refractivity contribution is 6.02. The number of nitrogens with zero attached hydrogens (tertiary/aromatic N) is 3. The Kier molecular flexibility index (Phi) is 4.47. The number of hydrogen-bond donors (Lipinski definition) is 2. The van der Waals surface area contributed by atoms with Crippen molar-refractivity contribution in [3.63, 3.8) is 0 Å². The second-order valence-electron chi connectivity index (χ2n) is 5.92. The number of rotatable bonds is 4. The number of amides is 1. The van der Waals surface area contributed by atoms with E-state index in [1.807, 2.05) is 32.0 Å². The van der Waals surface area contributed by atoms with Gasteiger partial charge in [0.2, 0.25) is 5.95 Å². The van der Waals surface area contributed by atoms with Gasteiger partial charge in [-0.1, -0.05) is 11.2 Å². The van der Waals surface area contributed by atoms with Crippen LogP contribution in [0.4, 0.5) is 17.5 Å². The van der Waals surface area contributed by atoms with Crippen molar-refractivity contribution < 1.29 is 9.32 Å². The van der Waals surface area contributed by atoms with Crippen LogP contribution in [0.25, 0.3) is 0 Å². The van der Waals surface area contributed by atoms with Crippen molar-refractivity contribution in [2.45, 2.75) is 27.7 Å². The number of benzene rings is 1. The molecule has 0 spiro atoms. The minimum absolute atomic E-state index is 0.250. The van der Waals surface area contributed by atoms with Gasteiger partial charge in [0.25, 0.3) is 5.91 Å². The highest BCUT2D eigenvalue weighted by Crippen LogP contribution is 2.18. The third kappa shape index (κ3) is 4.00. The Balaban J connectivity index is 1.82. The lowest BCUT2D eigenvalue weighted by molar-refractivity contribution is 0.102. The first-order valence-electron chi connectivity index (χ1n) is 7.85. The Morgan fingerprint density at radius 3 is 2.48 bits per heavy atom. The second-order valence-corrected chi connectivity index (χ2v) is 5.92. The van der Waals surface area contributed by atoms with E-state index in [0.29, 0.717) is 23.2 Å². The van der Waals surface area contributed by atoms with Crippen molar-refractivity contribution in [3.8, 4) is 0 Å². The number of carbonyl (C=O) groups excluding carboxylic acids is 1. The van der Waals surface area contributed by atoms with Crippen molar-refractivity contribution in [3.05, 3.63) is 58.6 Å². The molecule has 3 rings (SSSR count). The van der Waals surface area contributed by atoms with Gasteiger partial charge in [0.05, 0.1) is 0 Å². The number of carbonyl (C=O) groups is 1. The summed E-state index contributed by atoms with van der Waals surface area (Å²) in [5.74, 6) is 0.959. The second kappa shape index (κ2) is 6.72. The maximum absolute atomic E-state index is 12.4.